The van der Waals surface area contributed by atoms with Gasteiger partial charge < -0.3 is 14.1 Å². The fourth-order valence-electron chi connectivity index (χ4n) is 2.69. The molecule has 0 aliphatic carbocycles. The number of ether oxygens (including phenoxy) is 1. The number of benzene rings is 1. The third-order valence-corrected chi connectivity index (χ3v) is 6.80. The largest absolute Gasteiger partial charge is 0.418 e. The predicted molar refractivity (Wildman–Crippen MR) is 122 cm³/mol. The van der Waals surface area contributed by atoms with Gasteiger partial charge in [0.25, 0.3) is 5.89 Å². The number of nitrogens with zero attached hydrogens (tertiary/aromatic N) is 4. The average Bonchev–Trinajstić information content (AvgIpc) is 3.48. The highest BCUT2D eigenvalue weighted by atomic mass is 32.2. The number of amides is 1. The molecular formula is C21H24N4O5S2. The number of methoxy groups -OCH3 is 1. The summed E-state index contributed by atoms with van der Waals surface area (Å²) in [6.45, 7) is 0.243. The molecule has 32 heavy (non-hydrogen) atoms. The van der Waals surface area contributed by atoms with Crippen molar-refractivity contribution < 1.29 is 22.4 Å². The summed E-state index contributed by atoms with van der Waals surface area (Å²) < 4.78 is 36.9. The van der Waals surface area contributed by atoms with E-state index in [1.54, 1.807) is 12.1 Å². The van der Waals surface area contributed by atoms with Crippen molar-refractivity contribution in [3.63, 3.8) is 0 Å². The summed E-state index contributed by atoms with van der Waals surface area (Å²) in [7, 11) is -0.899. The lowest BCUT2D eigenvalue weighted by atomic mass is 10.2. The Morgan fingerprint density at radius 2 is 1.97 bits per heavy atom. The summed E-state index contributed by atoms with van der Waals surface area (Å²) in [5, 5.41) is 11.0. The zero-order valence-corrected chi connectivity index (χ0v) is 19.4. The lowest BCUT2D eigenvalue weighted by molar-refractivity contribution is -0.132. The summed E-state index contributed by atoms with van der Waals surface area (Å²) in [6.07, 6.45) is 1.49. The Hall–Kier alpha value is -2.86. The number of hydrogen-bond donors (Lipinski definition) is 0. The van der Waals surface area contributed by atoms with E-state index >= 15 is 0 Å². The minimum absolute atomic E-state index is 0.0499. The number of rotatable bonds is 11. The second kappa shape index (κ2) is 11.1. The molecule has 0 aliphatic rings. The topological polar surface area (TPSA) is 106 Å². The van der Waals surface area contributed by atoms with Crippen molar-refractivity contribution in [2.24, 2.45) is 0 Å². The molecule has 9 nitrogen and oxygen atoms in total. The van der Waals surface area contributed by atoms with Crippen molar-refractivity contribution in [2.75, 3.05) is 33.9 Å². The van der Waals surface area contributed by atoms with Gasteiger partial charge in [-0.05, 0) is 23.1 Å². The van der Waals surface area contributed by atoms with Gasteiger partial charge in [-0.25, -0.2) is 8.42 Å². The smallest absolute Gasteiger partial charge is 0.257 e. The van der Waals surface area contributed by atoms with E-state index in [2.05, 4.69) is 10.2 Å². The molecular weight excluding hydrogens is 452 g/mol. The molecule has 0 atom stereocenters. The van der Waals surface area contributed by atoms with Crippen LogP contribution in [0.25, 0.3) is 16.8 Å². The molecule has 11 heteroatoms. The molecule has 1 amide bonds. The Bertz CT molecular complexity index is 1130. The summed E-state index contributed by atoms with van der Waals surface area (Å²) in [4.78, 5) is 15.1. The summed E-state index contributed by atoms with van der Waals surface area (Å²) in [6, 6.07) is 12.8. The van der Waals surface area contributed by atoms with E-state index in [0.29, 0.717) is 5.89 Å². The Morgan fingerprint density at radius 3 is 2.66 bits per heavy atom. The maximum absolute atomic E-state index is 12.9. The number of carbonyl (C=O) groups is 1. The fraction of sp³-hybridized carbons (Fsp3) is 0.286. The second-order valence-electron chi connectivity index (χ2n) is 6.80. The SMILES string of the molecule is COCCN(Cc1nnc(-c2cccs2)o1)C(=O)CN(C)S(=O)(=O)/C=C/c1ccccc1. The summed E-state index contributed by atoms with van der Waals surface area (Å²) >= 11 is 1.47. The van der Waals surface area contributed by atoms with Crippen LogP contribution in [-0.4, -0.2) is 67.6 Å². The van der Waals surface area contributed by atoms with Gasteiger partial charge in [0.1, 0.15) is 0 Å². The van der Waals surface area contributed by atoms with Crippen LogP contribution in [0.1, 0.15) is 11.5 Å². The van der Waals surface area contributed by atoms with E-state index in [1.807, 2.05) is 35.7 Å². The molecule has 0 saturated heterocycles. The van der Waals surface area contributed by atoms with Gasteiger partial charge in [0, 0.05) is 26.1 Å². The molecule has 0 unspecified atom stereocenters. The van der Waals surface area contributed by atoms with Crippen molar-refractivity contribution in [3.05, 3.63) is 64.7 Å². The number of likely N-dealkylation sites (N-methyl/N-ethyl adjacent to an activating group) is 1. The molecule has 1 aromatic carbocycles. The molecule has 2 aromatic heterocycles. The quantitative estimate of drug-likeness (QED) is 0.419. The van der Waals surface area contributed by atoms with E-state index in [9.17, 15) is 13.2 Å². The molecule has 0 fully saturated rings. The minimum Gasteiger partial charge on any atom is -0.418 e. The Morgan fingerprint density at radius 1 is 1.19 bits per heavy atom. The lowest BCUT2D eigenvalue weighted by Crippen LogP contribution is -2.41. The Labute approximate surface area is 191 Å². The average molecular weight is 477 g/mol. The van der Waals surface area contributed by atoms with E-state index in [0.717, 1.165) is 20.2 Å². The zero-order chi connectivity index (χ0) is 23.0. The predicted octanol–water partition coefficient (Wildman–Crippen LogP) is 2.71. The molecule has 0 spiro atoms. The van der Waals surface area contributed by atoms with Crippen LogP contribution in [0, 0.1) is 0 Å². The van der Waals surface area contributed by atoms with Crippen LogP contribution >= 0.6 is 11.3 Å². The molecule has 0 aliphatic heterocycles. The fourth-order valence-corrected chi connectivity index (χ4v) is 4.16. The number of carbonyl (C=O) groups excluding carboxylic acids is 1. The van der Waals surface area contributed by atoms with Gasteiger partial charge in [-0.3, -0.25) is 4.79 Å². The first-order valence-electron chi connectivity index (χ1n) is 9.71. The lowest BCUT2D eigenvalue weighted by Gasteiger charge is -2.23. The highest BCUT2D eigenvalue weighted by molar-refractivity contribution is 7.92. The summed E-state index contributed by atoms with van der Waals surface area (Å²) in [5.74, 6) is 0.226. The number of aromatic nitrogens is 2. The number of hydrogen-bond acceptors (Lipinski definition) is 8. The highest BCUT2D eigenvalue weighted by Crippen LogP contribution is 2.23. The third-order valence-electron chi connectivity index (χ3n) is 4.47. The summed E-state index contributed by atoms with van der Waals surface area (Å²) in [5.41, 5.74) is 0.746. The first-order valence-corrected chi connectivity index (χ1v) is 12.1. The van der Waals surface area contributed by atoms with Crippen molar-refractivity contribution in [3.8, 4) is 10.8 Å². The van der Waals surface area contributed by atoms with E-state index in [4.69, 9.17) is 9.15 Å². The molecule has 2 heterocycles. The normalized spacial score (nSPS) is 12.0. The molecule has 0 radical (unpaired) electrons. The molecule has 3 rings (SSSR count). The Balaban J connectivity index is 1.66. The maximum Gasteiger partial charge on any atom is 0.257 e. The Kier molecular flexibility index (Phi) is 8.28. The van der Waals surface area contributed by atoms with E-state index in [1.165, 1.54) is 36.5 Å². The van der Waals surface area contributed by atoms with Crippen molar-refractivity contribution >= 4 is 33.3 Å². The van der Waals surface area contributed by atoms with Crippen molar-refractivity contribution in [1.82, 2.24) is 19.4 Å². The number of sulfonamides is 1. The monoisotopic (exact) mass is 476 g/mol. The van der Waals surface area contributed by atoms with Crippen molar-refractivity contribution in [1.29, 1.82) is 0 Å². The van der Waals surface area contributed by atoms with Crippen LogP contribution in [0.2, 0.25) is 0 Å². The van der Waals surface area contributed by atoms with Crippen LogP contribution in [0.3, 0.4) is 0 Å². The van der Waals surface area contributed by atoms with Crippen LogP contribution in [-0.2, 0) is 26.1 Å². The maximum atomic E-state index is 12.9. The molecule has 170 valence electrons. The standard InChI is InChI=1S/C21H24N4O5S2/c1-24(32(27,28)14-10-17-7-4-3-5-8-17)16-20(26)25(11-12-29-2)15-19-22-23-21(30-19)18-9-6-13-31-18/h3-10,13-14H,11-12,15-16H2,1-2H3/b14-10+. The van der Waals surface area contributed by atoms with Gasteiger partial charge in [0.2, 0.25) is 21.8 Å². The van der Waals surface area contributed by atoms with Crippen LogP contribution in [0.15, 0.2) is 57.7 Å². The zero-order valence-electron chi connectivity index (χ0n) is 17.7. The van der Waals surface area contributed by atoms with Crippen LogP contribution < -0.4 is 0 Å². The molecule has 3 aromatic rings. The first kappa shape index (κ1) is 23.8. The van der Waals surface area contributed by atoms with Gasteiger partial charge in [-0.1, -0.05) is 36.4 Å². The van der Waals surface area contributed by atoms with Crippen molar-refractivity contribution in [2.45, 2.75) is 6.54 Å². The minimum atomic E-state index is -3.78. The van der Waals surface area contributed by atoms with Crippen LogP contribution in [0.4, 0.5) is 0 Å². The molecule has 0 N–H and O–H groups in total. The van der Waals surface area contributed by atoms with E-state index in [-0.39, 0.29) is 32.1 Å². The van der Waals surface area contributed by atoms with E-state index < -0.39 is 15.9 Å². The van der Waals surface area contributed by atoms with Gasteiger partial charge in [-0.15, -0.1) is 21.5 Å². The molecule has 0 bridgehead atoms. The van der Waals surface area contributed by atoms with Gasteiger partial charge in [-0.2, -0.15) is 4.31 Å². The van der Waals surface area contributed by atoms with Gasteiger partial charge in [0.05, 0.1) is 24.6 Å². The highest BCUT2D eigenvalue weighted by Gasteiger charge is 2.23. The van der Waals surface area contributed by atoms with Crippen LogP contribution in [0.5, 0.6) is 0 Å². The van der Waals surface area contributed by atoms with Gasteiger partial charge >= 0.3 is 0 Å². The molecule has 0 saturated carbocycles. The first-order chi connectivity index (χ1) is 15.4. The number of thiophene rings is 1. The second-order valence-corrected chi connectivity index (χ2v) is 9.67. The van der Waals surface area contributed by atoms with Gasteiger partial charge in [0.15, 0.2) is 0 Å². The third kappa shape index (κ3) is 6.57.